The second-order valence-electron chi connectivity index (χ2n) is 5.86. The highest BCUT2D eigenvalue weighted by molar-refractivity contribution is 5.52. The first kappa shape index (κ1) is 12.7. The molecule has 3 rings (SSSR count). The van der Waals surface area contributed by atoms with Crippen molar-refractivity contribution in [1.82, 2.24) is 10.3 Å². The first-order valence-corrected chi connectivity index (χ1v) is 7.35. The maximum atomic E-state index is 5.89. The standard InChI is InChI=1S/C15H23N3O/c1-11(2)19-14-4-3-8-16-15(14)18-9-7-12-5-6-13(10-18)17-12/h3-4,8,11-13,17H,5-7,9-10H2,1-2H3. The molecule has 0 amide bonds. The Kier molecular flexibility index (Phi) is 3.60. The highest BCUT2D eigenvalue weighted by atomic mass is 16.5. The van der Waals surface area contributed by atoms with Crippen LogP contribution in [0.1, 0.15) is 33.1 Å². The first-order chi connectivity index (χ1) is 9.22. The molecule has 0 spiro atoms. The molecular formula is C15H23N3O. The van der Waals surface area contributed by atoms with Crippen LogP contribution >= 0.6 is 0 Å². The number of pyridine rings is 1. The SMILES string of the molecule is CC(C)Oc1cccnc1N1CCC2CCC(C1)N2. The molecule has 1 aromatic rings. The van der Waals surface area contributed by atoms with Crippen molar-refractivity contribution in [2.24, 2.45) is 0 Å². The Morgan fingerprint density at radius 3 is 3.00 bits per heavy atom. The van der Waals surface area contributed by atoms with Gasteiger partial charge in [-0.3, -0.25) is 0 Å². The van der Waals surface area contributed by atoms with E-state index in [9.17, 15) is 0 Å². The largest absolute Gasteiger partial charge is 0.487 e. The van der Waals surface area contributed by atoms with E-state index in [1.54, 1.807) is 0 Å². The lowest BCUT2D eigenvalue weighted by Crippen LogP contribution is -2.36. The molecule has 4 heteroatoms. The average Bonchev–Trinajstić information content (AvgIpc) is 2.70. The van der Waals surface area contributed by atoms with Crippen LogP contribution in [-0.4, -0.2) is 36.3 Å². The summed E-state index contributed by atoms with van der Waals surface area (Å²) in [5, 5.41) is 3.70. The summed E-state index contributed by atoms with van der Waals surface area (Å²) in [6.45, 7) is 6.23. The van der Waals surface area contributed by atoms with Gasteiger partial charge < -0.3 is 15.0 Å². The quantitative estimate of drug-likeness (QED) is 0.905. The highest BCUT2D eigenvalue weighted by Crippen LogP contribution is 2.30. The molecule has 0 radical (unpaired) electrons. The van der Waals surface area contributed by atoms with E-state index in [1.807, 2.05) is 18.3 Å². The first-order valence-electron chi connectivity index (χ1n) is 7.35. The minimum absolute atomic E-state index is 0.185. The smallest absolute Gasteiger partial charge is 0.171 e. The maximum Gasteiger partial charge on any atom is 0.171 e. The second kappa shape index (κ2) is 5.37. The zero-order valence-electron chi connectivity index (χ0n) is 11.8. The summed E-state index contributed by atoms with van der Waals surface area (Å²) in [4.78, 5) is 6.94. The van der Waals surface area contributed by atoms with Crippen LogP contribution < -0.4 is 15.0 Å². The number of nitrogens with zero attached hydrogens (tertiary/aromatic N) is 2. The number of aromatic nitrogens is 1. The van der Waals surface area contributed by atoms with E-state index in [2.05, 4.69) is 29.0 Å². The van der Waals surface area contributed by atoms with E-state index in [0.29, 0.717) is 12.1 Å². The monoisotopic (exact) mass is 261 g/mol. The molecular weight excluding hydrogens is 238 g/mol. The number of ether oxygens (including phenoxy) is 1. The summed E-state index contributed by atoms with van der Waals surface area (Å²) < 4.78 is 5.89. The van der Waals surface area contributed by atoms with Gasteiger partial charge in [-0.15, -0.1) is 0 Å². The van der Waals surface area contributed by atoms with Crippen molar-refractivity contribution in [2.75, 3.05) is 18.0 Å². The van der Waals surface area contributed by atoms with Crippen LogP contribution in [-0.2, 0) is 0 Å². The summed E-state index contributed by atoms with van der Waals surface area (Å²) in [5.41, 5.74) is 0. The normalized spacial score (nSPS) is 26.6. The Morgan fingerprint density at radius 1 is 1.32 bits per heavy atom. The van der Waals surface area contributed by atoms with E-state index in [1.165, 1.54) is 19.3 Å². The minimum atomic E-state index is 0.185. The van der Waals surface area contributed by atoms with Crippen molar-refractivity contribution in [1.29, 1.82) is 0 Å². The lowest BCUT2D eigenvalue weighted by Gasteiger charge is -2.27. The fourth-order valence-electron chi connectivity index (χ4n) is 3.10. The summed E-state index contributed by atoms with van der Waals surface area (Å²) in [5.74, 6) is 1.92. The van der Waals surface area contributed by atoms with Gasteiger partial charge in [0.25, 0.3) is 0 Å². The zero-order chi connectivity index (χ0) is 13.2. The van der Waals surface area contributed by atoms with Gasteiger partial charge in [0.05, 0.1) is 6.10 Å². The molecule has 0 aliphatic carbocycles. The number of fused-ring (bicyclic) bond motifs is 2. The van der Waals surface area contributed by atoms with Gasteiger partial charge in [0, 0.05) is 31.4 Å². The third kappa shape index (κ3) is 2.84. The Morgan fingerprint density at radius 2 is 2.16 bits per heavy atom. The van der Waals surface area contributed by atoms with Crippen LogP contribution in [0.4, 0.5) is 5.82 Å². The molecule has 2 atom stereocenters. The van der Waals surface area contributed by atoms with Gasteiger partial charge in [-0.1, -0.05) is 0 Å². The number of nitrogens with one attached hydrogen (secondary N) is 1. The van der Waals surface area contributed by atoms with Crippen molar-refractivity contribution in [3.63, 3.8) is 0 Å². The molecule has 2 fully saturated rings. The molecule has 2 unspecified atom stereocenters. The van der Waals surface area contributed by atoms with Crippen molar-refractivity contribution in [3.8, 4) is 5.75 Å². The predicted octanol–water partition coefficient (Wildman–Crippen LogP) is 2.20. The molecule has 4 nitrogen and oxygen atoms in total. The number of hydrogen-bond acceptors (Lipinski definition) is 4. The predicted molar refractivity (Wildman–Crippen MR) is 76.8 cm³/mol. The molecule has 2 bridgehead atoms. The lowest BCUT2D eigenvalue weighted by molar-refractivity contribution is 0.242. The van der Waals surface area contributed by atoms with Crippen molar-refractivity contribution < 1.29 is 4.74 Å². The zero-order valence-corrected chi connectivity index (χ0v) is 11.8. The van der Waals surface area contributed by atoms with Gasteiger partial charge in [-0.2, -0.15) is 0 Å². The van der Waals surface area contributed by atoms with E-state index >= 15 is 0 Å². The Labute approximate surface area is 115 Å². The molecule has 3 heterocycles. The topological polar surface area (TPSA) is 37.4 Å². The lowest BCUT2D eigenvalue weighted by atomic mass is 10.1. The maximum absolute atomic E-state index is 5.89. The molecule has 19 heavy (non-hydrogen) atoms. The minimum Gasteiger partial charge on any atom is -0.487 e. The molecule has 104 valence electrons. The Bertz CT molecular complexity index is 435. The van der Waals surface area contributed by atoms with Gasteiger partial charge in [-0.25, -0.2) is 4.98 Å². The Hall–Kier alpha value is -1.29. The van der Waals surface area contributed by atoms with Crippen molar-refractivity contribution >= 4 is 5.82 Å². The number of rotatable bonds is 3. The molecule has 1 N–H and O–H groups in total. The van der Waals surface area contributed by atoms with Gasteiger partial charge in [0.2, 0.25) is 0 Å². The van der Waals surface area contributed by atoms with Crippen LogP contribution in [0.3, 0.4) is 0 Å². The van der Waals surface area contributed by atoms with Crippen molar-refractivity contribution in [2.45, 2.75) is 51.3 Å². The van der Waals surface area contributed by atoms with Gasteiger partial charge in [0.15, 0.2) is 11.6 Å². The van der Waals surface area contributed by atoms with Gasteiger partial charge in [0.1, 0.15) is 0 Å². The molecule has 2 aliphatic rings. The highest BCUT2D eigenvalue weighted by Gasteiger charge is 2.30. The summed E-state index contributed by atoms with van der Waals surface area (Å²) >= 11 is 0. The fraction of sp³-hybridized carbons (Fsp3) is 0.667. The third-order valence-corrected chi connectivity index (χ3v) is 3.94. The summed E-state index contributed by atoms with van der Waals surface area (Å²) in [7, 11) is 0. The van der Waals surface area contributed by atoms with E-state index < -0.39 is 0 Å². The Balaban J connectivity index is 1.81. The summed E-state index contributed by atoms with van der Waals surface area (Å²) in [6.07, 6.45) is 5.86. The molecule has 0 aromatic carbocycles. The van der Waals surface area contributed by atoms with E-state index in [0.717, 1.165) is 24.7 Å². The second-order valence-corrected chi connectivity index (χ2v) is 5.86. The van der Waals surface area contributed by atoms with Gasteiger partial charge in [-0.05, 0) is 45.2 Å². The van der Waals surface area contributed by atoms with E-state index in [4.69, 9.17) is 4.74 Å². The van der Waals surface area contributed by atoms with Crippen LogP contribution in [0, 0.1) is 0 Å². The summed E-state index contributed by atoms with van der Waals surface area (Å²) in [6, 6.07) is 5.29. The van der Waals surface area contributed by atoms with Gasteiger partial charge >= 0.3 is 0 Å². The van der Waals surface area contributed by atoms with Crippen LogP contribution in [0.5, 0.6) is 5.75 Å². The molecule has 1 aromatic heterocycles. The number of anilines is 1. The molecule has 2 aliphatic heterocycles. The average molecular weight is 261 g/mol. The number of hydrogen-bond donors (Lipinski definition) is 1. The van der Waals surface area contributed by atoms with E-state index in [-0.39, 0.29) is 6.10 Å². The van der Waals surface area contributed by atoms with Crippen LogP contribution in [0.2, 0.25) is 0 Å². The molecule has 2 saturated heterocycles. The van der Waals surface area contributed by atoms with Crippen LogP contribution in [0.15, 0.2) is 18.3 Å². The third-order valence-electron chi connectivity index (χ3n) is 3.94. The van der Waals surface area contributed by atoms with Crippen LogP contribution in [0.25, 0.3) is 0 Å². The van der Waals surface area contributed by atoms with Crippen molar-refractivity contribution in [3.05, 3.63) is 18.3 Å². The fourth-order valence-corrected chi connectivity index (χ4v) is 3.10. The molecule has 0 saturated carbocycles.